The molecule has 3 heterocycles. The number of anilines is 1. The first-order chi connectivity index (χ1) is 8.16. The molecular weight excluding hydrogens is 221 g/mol. The van der Waals surface area contributed by atoms with Gasteiger partial charge in [-0.1, -0.05) is 0 Å². The van der Waals surface area contributed by atoms with Crippen LogP contribution in [-0.4, -0.2) is 19.2 Å². The smallest absolute Gasteiger partial charge is 0.140 e. The Morgan fingerprint density at radius 1 is 1.29 bits per heavy atom. The molecule has 0 spiro atoms. The zero-order chi connectivity index (χ0) is 12.0. The molecule has 0 unspecified atom stereocenters. The van der Waals surface area contributed by atoms with Gasteiger partial charge in [-0.2, -0.15) is 5.10 Å². The average Bonchev–Trinajstić information content (AvgIpc) is 2.84. The second-order valence-electron chi connectivity index (χ2n) is 3.76. The molecule has 3 rings (SSSR count). The van der Waals surface area contributed by atoms with Crippen LogP contribution in [0.1, 0.15) is 0 Å². The maximum Gasteiger partial charge on any atom is 0.140 e. The van der Waals surface area contributed by atoms with Crippen LogP contribution in [0.3, 0.4) is 0 Å². The van der Waals surface area contributed by atoms with Gasteiger partial charge in [0.2, 0.25) is 0 Å². The largest absolute Gasteiger partial charge is 0.383 e. The number of imidazole rings is 1. The van der Waals surface area contributed by atoms with E-state index in [0.29, 0.717) is 17.2 Å². The first kappa shape index (κ1) is 9.83. The van der Waals surface area contributed by atoms with Crippen molar-refractivity contribution in [2.24, 2.45) is 7.05 Å². The van der Waals surface area contributed by atoms with Crippen molar-refractivity contribution in [2.75, 3.05) is 5.73 Å². The van der Waals surface area contributed by atoms with Crippen LogP contribution in [0.4, 0.5) is 10.2 Å². The van der Waals surface area contributed by atoms with E-state index < -0.39 is 0 Å². The van der Waals surface area contributed by atoms with Crippen molar-refractivity contribution in [2.45, 2.75) is 0 Å². The lowest BCUT2D eigenvalue weighted by Gasteiger charge is -1.99. The van der Waals surface area contributed by atoms with E-state index in [0.717, 1.165) is 5.69 Å². The number of nitrogen functional groups attached to an aromatic ring is 1. The number of aromatic nitrogens is 4. The van der Waals surface area contributed by atoms with Gasteiger partial charge >= 0.3 is 0 Å². The Hall–Kier alpha value is -2.37. The minimum absolute atomic E-state index is 0.349. The molecule has 0 fully saturated rings. The number of nitrogens with two attached hydrogens (primary N) is 1. The fraction of sp³-hybridized carbons (Fsp3) is 0.0909. The summed E-state index contributed by atoms with van der Waals surface area (Å²) in [7, 11) is 1.80. The minimum atomic E-state index is -0.349. The van der Waals surface area contributed by atoms with Crippen molar-refractivity contribution in [3.8, 4) is 11.4 Å². The molecule has 0 aliphatic heterocycles. The monoisotopic (exact) mass is 231 g/mol. The highest BCUT2D eigenvalue weighted by atomic mass is 19.1. The molecule has 0 aliphatic carbocycles. The van der Waals surface area contributed by atoms with Crippen LogP contribution in [0.25, 0.3) is 17.0 Å². The first-order valence-corrected chi connectivity index (χ1v) is 5.08. The second kappa shape index (κ2) is 3.31. The van der Waals surface area contributed by atoms with E-state index in [9.17, 15) is 4.39 Å². The molecule has 3 aromatic rings. The van der Waals surface area contributed by atoms with Gasteiger partial charge in [0.25, 0.3) is 0 Å². The van der Waals surface area contributed by atoms with Gasteiger partial charge in [-0.05, 0) is 18.2 Å². The summed E-state index contributed by atoms with van der Waals surface area (Å²) in [5.74, 6) is 0.0567. The third-order valence-electron chi connectivity index (χ3n) is 2.68. The summed E-state index contributed by atoms with van der Waals surface area (Å²) < 4.78 is 16.3. The molecule has 2 N–H and O–H groups in total. The molecule has 0 bridgehead atoms. The van der Waals surface area contributed by atoms with E-state index in [4.69, 9.17) is 5.73 Å². The molecule has 3 aromatic heterocycles. The number of aryl methyl sites for hydroxylation is 1. The van der Waals surface area contributed by atoms with Gasteiger partial charge in [-0.25, -0.2) is 9.37 Å². The van der Waals surface area contributed by atoms with Gasteiger partial charge in [-0.3, -0.25) is 9.08 Å². The molecule has 0 saturated carbocycles. The molecule has 0 aromatic carbocycles. The highest BCUT2D eigenvalue weighted by molar-refractivity contribution is 5.72. The lowest BCUT2D eigenvalue weighted by Crippen LogP contribution is -1.98. The van der Waals surface area contributed by atoms with Crippen molar-refractivity contribution >= 4 is 11.5 Å². The number of hydrogen-bond donors (Lipinski definition) is 1. The number of pyridine rings is 1. The van der Waals surface area contributed by atoms with Crippen LogP contribution in [0.2, 0.25) is 0 Å². The Balaban J connectivity index is 2.32. The summed E-state index contributed by atoms with van der Waals surface area (Å²) in [6.45, 7) is 0. The first-order valence-electron chi connectivity index (χ1n) is 5.08. The van der Waals surface area contributed by atoms with Gasteiger partial charge in [0.1, 0.15) is 23.0 Å². The fourth-order valence-corrected chi connectivity index (χ4v) is 1.83. The standard InChI is InChI=1S/C11H10FN5/c1-16-8(4-5-14-16)10-11(13)17-6-7(12)2-3-9(17)15-10/h2-6H,13H2,1H3. The molecule has 0 aliphatic rings. The van der Waals surface area contributed by atoms with Crippen LogP contribution < -0.4 is 5.73 Å². The Morgan fingerprint density at radius 3 is 2.82 bits per heavy atom. The topological polar surface area (TPSA) is 61.1 Å². The van der Waals surface area contributed by atoms with Crippen molar-refractivity contribution in [3.63, 3.8) is 0 Å². The van der Waals surface area contributed by atoms with E-state index in [-0.39, 0.29) is 5.82 Å². The van der Waals surface area contributed by atoms with Gasteiger partial charge in [0, 0.05) is 19.4 Å². The summed E-state index contributed by atoms with van der Waals surface area (Å²) in [4.78, 5) is 4.37. The quantitative estimate of drug-likeness (QED) is 0.689. The molecule has 0 saturated heterocycles. The predicted octanol–water partition coefficient (Wildman–Crippen LogP) is 1.46. The van der Waals surface area contributed by atoms with Crippen molar-refractivity contribution in [1.29, 1.82) is 0 Å². The number of hydrogen-bond acceptors (Lipinski definition) is 3. The number of halogens is 1. The van der Waals surface area contributed by atoms with Crippen LogP contribution >= 0.6 is 0 Å². The molecule has 5 nitrogen and oxygen atoms in total. The lowest BCUT2D eigenvalue weighted by molar-refractivity contribution is 0.619. The maximum atomic E-state index is 13.1. The summed E-state index contributed by atoms with van der Waals surface area (Å²) >= 11 is 0. The molecular formula is C11H10FN5. The fourth-order valence-electron chi connectivity index (χ4n) is 1.83. The maximum absolute atomic E-state index is 13.1. The summed E-state index contributed by atoms with van der Waals surface area (Å²) in [5, 5.41) is 4.06. The van der Waals surface area contributed by atoms with Gasteiger partial charge in [0.05, 0.1) is 5.69 Å². The number of rotatable bonds is 1. The third kappa shape index (κ3) is 1.37. The summed E-state index contributed by atoms with van der Waals surface area (Å²) in [5.41, 5.74) is 7.98. The Kier molecular flexibility index (Phi) is 1.91. The van der Waals surface area contributed by atoms with Crippen molar-refractivity contribution < 1.29 is 4.39 Å². The lowest BCUT2D eigenvalue weighted by atomic mass is 10.3. The molecule has 6 heteroatoms. The van der Waals surface area contributed by atoms with Crippen LogP contribution in [0.5, 0.6) is 0 Å². The molecule has 86 valence electrons. The molecule has 0 atom stereocenters. The average molecular weight is 231 g/mol. The van der Waals surface area contributed by atoms with Gasteiger partial charge < -0.3 is 5.73 Å². The SMILES string of the molecule is Cn1nccc1-c1nc2ccc(F)cn2c1N. The van der Waals surface area contributed by atoms with E-state index in [1.165, 1.54) is 16.7 Å². The molecule has 0 amide bonds. The van der Waals surface area contributed by atoms with Crippen LogP contribution in [-0.2, 0) is 7.05 Å². The van der Waals surface area contributed by atoms with E-state index in [2.05, 4.69) is 10.1 Å². The summed E-state index contributed by atoms with van der Waals surface area (Å²) in [6, 6.07) is 4.76. The van der Waals surface area contributed by atoms with Gasteiger partial charge in [-0.15, -0.1) is 0 Å². The number of nitrogens with zero attached hydrogens (tertiary/aromatic N) is 4. The normalized spacial score (nSPS) is 11.2. The minimum Gasteiger partial charge on any atom is -0.383 e. The molecule has 17 heavy (non-hydrogen) atoms. The Bertz CT molecular complexity index is 697. The molecule has 0 radical (unpaired) electrons. The zero-order valence-corrected chi connectivity index (χ0v) is 9.13. The van der Waals surface area contributed by atoms with Gasteiger partial charge in [0.15, 0.2) is 0 Å². The third-order valence-corrected chi connectivity index (χ3v) is 2.68. The zero-order valence-electron chi connectivity index (χ0n) is 9.13. The Morgan fingerprint density at radius 2 is 2.12 bits per heavy atom. The highest BCUT2D eigenvalue weighted by Crippen LogP contribution is 2.25. The summed E-state index contributed by atoms with van der Waals surface area (Å²) in [6.07, 6.45) is 2.98. The van der Waals surface area contributed by atoms with Crippen LogP contribution in [0.15, 0.2) is 30.6 Å². The number of fused-ring (bicyclic) bond motifs is 1. The van der Waals surface area contributed by atoms with Crippen molar-refractivity contribution in [1.82, 2.24) is 19.2 Å². The second-order valence-corrected chi connectivity index (χ2v) is 3.76. The highest BCUT2D eigenvalue weighted by Gasteiger charge is 2.14. The predicted molar refractivity (Wildman–Crippen MR) is 61.8 cm³/mol. The van der Waals surface area contributed by atoms with Crippen molar-refractivity contribution in [3.05, 3.63) is 36.4 Å². The Labute approximate surface area is 96.3 Å². The van der Waals surface area contributed by atoms with Crippen LogP contribution in [0, 0.1) is 5.82 Å². The van der Waals surface area contributed by atoms with E-state index in [1.54, 1.807) is 24.0 Å². The van der Waals surface area contributed by atoms with E-state index in [1.807, 2.05) is 6.07 Å². The van der Waals surface area contributed by atoms with E-state index >= 15 is 0 Å².